The number of hydrogen-bond donors (Lipinski definition) is 3. The number of fused-ring (bicyclic) bond motifs is 1. The van der Waals surface area contributed by atoms with E-state index in [4.69, 9.17) is 9.90 Å². The number of hydrogen-bond acceptors (Lipinski definition) is 4. The van der Waals surface area contributed by atoms with E-state index in [2.05, 4.69) is 10.3 Å². The topological polar surface area (TPSA) is 96.3 Å². The number of alkyl halides is 6. The van der Waals surface area contributed by atoms with Crippen LogP contribution in [0.15, 0.2) is 6.33 Å². The summed E-state index contributed by atoms with van der Waals surface area (Å²) in [5.41, 5.74) is 0.673. The average Bonchev–Trinajstić information content (AvgIpc) is 2.89. The zero-order valence-electron chi connectivity index (χ0n) is 12.7. The maximum absolute atomic E-state index is 12.3. The number of nitrogens with one attached hydrogen (secondary N) is 2. The van der Waals surface area contributed by atoms with Crippen LogP contribution in [0.25, 0.3) is 0 Å². The summed E-state index contributed by atoms with van der Waals surface area (Å²) in [5, 5.41) is 12.1. The van der Waals surface area contributed by atoms with Gasteiger partial charge in [-0.2, -0.15) is 26.3 Å². The summed E-state index contributed by atoms with van der Waals surface area (Å²) in [6.45, 7) is 2.75. The normalized spacial score (nSPS) is 15.5. The third-order valence-electron chi connectivity index (χ3n) is 3.06. The first-order valence-corrected chi connectivity index (χ1v) is 6.76. The Balaban J connectivity index is 0.000000381. The van der Waals surface area contributed by atoms with Crippen molar-refractivity contribution in [1.82, 2.24) is 20.2 Å². The number of carbonyl (C=O) groups is 2. The Hall–Kier alpha value is -2.31. The first kappa shape index (κ1) is 20.7. The van der Waals surface area contributed by atoms with Gasteiger partial charge < -0.3 is 20.3 Å². The van der Waals surface area contributed by atoms with Crippen LogP contribution < -0.4 is 10.6 Å². The molecule has 13 heteroatoms. The number of aromatic nitrogens is 2. The van der Waals surface area contributed by atoms with E-state index < -0.39 is 30.3 Å². The van der Waals surface area contributed by atoms with Gasteiger partial charge in [0.1, 0.15) is 6.04 Å². The standard InChI is InChI=1S/C10H13F3N4O.C2HF3O2/c1-6(10(11,12)13)16-9(18)8-7-4-14-2-3-17(7)5-15-8;3-2(4,5)1(6)7/h5-6,14H,2-4H2,1H3,(H,16,18);(H,6,7)/t6-;/m1./s1. The molecule has 25 heavy (non-hydrogen) atoms. The molecule has 0 radical (unpaired) electrons. The number of nitrogens with zero attached hydrogens (tertiary/aromatic N) is 2. The van der Waals surface area contributed by atoms with Crippen molar-refractivity contribution in [3.63, 3.8) is 0 Å². The first-order chi connectivity index (χ1) is 11.3. The summed E-state index contributed by atoms with van der Waals surface area (Å²) >= 11 is 0. The van der Waals surface area contributed by atoms with Gasteiger partial charge in [-0.25, -0.2) is 9.78 Å². The molecule has 0 aromatic carbocycles. The van der Waals surface area contributed by atoms with Gasteiger partial charge in [-0.1, -0.05) is 0 Å². The fraction of sp³-hybridized carbons (Fsp3) is 0.583. The molecule has 1 atom stereocenters. The molecule has 1 aromatic rings. The highest BCUT2D eigenvalue weighted by molar-refractivity contribution is 5.93. The molecular weight excluding hydrogens is 362 g/mol. The van der Waals surface area contributed by atoms with Crippen LogP contribution in [0.1, 0.15) is 23.1 Å². The molecule has 0 unspecified atom stereocenters. The van der Waals surface area contributed by atoms with Gasteiger partial charge in [-0.3, -0.25) is 4.79 Å². The second kappa shape index (κ2) is 7.72. The van der Waals surface area contributed by atoms with Gasteiger partial charge in [0, 0.05) is 19.6 Å². The summed E-state index contributed by atoms with van der Waals surface area (Å²) in [5.74, 6) is -3.55. The minimum Gasteiger partial charge on any atom is -0.475 e. The Morgan fingerprint density at radius 2 is 1.88 bits per heavy atom. The molecule has 0 saturated carbocycles. The lowest BCUT2D eigenvalue weighted by Gasteiger charge is -2.19. The van der Waals surface area contributed by atoms with Gasteiger partial charge >= 0.3 is 18.3 Å². The molecule has 142 valence electrons. The van der Waals surface area contributed by atoms with E-state index in [0.717, 1.165) is 13.5 Å². The molecule has 3 N–H and O–H groups in total. The Morgan fingerprint density at radius 1 is 1.32 bits per heavy atom. The largest absolute Gasteiger partial charge is 0.490 e. The van der Waals surface area contributed by atoms with Crippen LogP contribution in [0, 0.1) is 0 Å². The molecule has 1 amide bonds. The molecule has 0 bridgehead atoms. The third kappa shape index (κ3) is 5.92. The van der Waals surface area contributed by atoms with Crippen LogP contribution in [0.3, 0.4) is 0 Å². The fourth-order valence-electron chi connectivity index (χ4n) is 1.73. The van der Waals surface area contributed by atoms with Gasteiger partial charge in [0.15, 0.2) is 5.69 Å². The van der Waals surface area contributed by atoms with Gasteiger partial charge in [-0.05, 0) is 6.92 Å². The van der Waals surface area contributed by atoms with Crippen molar-refractivity contribution in [2.45, 2.75) is 38.4 Å². The number of aliphatic carboxylic acids is 1. The van der Waals surface area contributed by atoms with Crippen molar-refractivity contribution >= 4 is 11.9 Å². The van der Waals surface area contributed by atoms with Gasteiger partial charge in [0.2, 0.25) is 0 Å². The van der Waals surface area contributed by atoms with Gasteiger partial charge in [0.25, 0.3) is 5.91 Å². The summed E-state index contributed by atoms with van der Waals surface area (Å²) < 4.78 is 70.5. The van der Waals surface area contributed by atoms with Crippen molar-refractivity contribution < 1.29 is 41.0 Å². The summed E-state index contributed by atoms with van der Waals surface area (Å²) in [4.78, 5) is 24.5. The lowest BCUT2D eigenvalue weighted by atomic mass is 10.2. The highest BCUT2D eigenvalue weighted by atomic mass is 19.4. The Kier molecular flexibility index (Phi) is 6.40. The van der Waals surface area contributed by atoms with Crippen molar-refractivity contribution in [3.05, 3.63) is 17.7 Å². The van der Waals surface area contributed by atoms with E-state index in [1.807, 2.05) is 5.32 Å². The van der Waals surface area contributed by atoms with Crippen LogP contribution in [0.5, 0.6) is 0 Å². The predicted octanol–water partition coefficient (Wildman–Crippen LogP) is 1.30. The van der Waals surface area contributed by atoms with Crippen LogP contribution in [0.4, 0.5) is 26.3 Å². The molecule has 0 fully saturated rings. The zero-order chi connectivity index (χ0) is 19.4. The monoisotopic (exact) mass is 376 g/mol. The molecule has 7 nitrogen and oxygen atoms in total. The van der Waals surface area contributed by atoms with Crippen LogP contribution in [-0.4, -0.2) is 51.5 Å². The number of carbonyl (C=O) groups excluding carboxylic acids is 1. The number of imidazole rings is 1. The van der Waals surface area contributed by atoms with Crippen molar-refractivity contribution in [3.8, 4) is 0 Å². The van der Waals surface area contributed by atoms with E-state index in [1.54, 1.807) is 4.57 Å². The van der Waals surface area contributed by atoms with Crippen molar-refractivity contribution in [2.24, 2.45) is 0 Å². The predicted molar refractivity (Wildman–Crippen MR) is 70.6 cm³/mol. The van der Waals surface area contributed by atoms with Crippen LogP contribution >= 0.6 is 0 Å². The highest BCUT2D eigenvalue weighted by Crippen LogP contribution is 2.20. The maximum Gasteiger partial charge on any atom is 0.490 e. The molecular formula is C12H14F6N4O3. The molecule has 2 heterocycles. The molecule has 0 saturated heterocycles. The van der Waals surface area contributed by atoms with Gasteiger partial charge in [-0.15, -0.1) is 0 Å². The summed E-state index contributed by atoms with van der Waals surface area (Å²) in [6.07, 6.45) is -8.06. The number of carboxylic acid groups (broad SMARTS) is 1. The lowest BCUT2D eigenvalue weighted by Crippen LogP contribution is -2.43. The molecule has 1 aliphatic rings. The average molecular weight is 376 g/mol. The smallest absolute Gasteiger partial charge is 0.475 e. The first-order valence-electron chi connectivity index (χ1n) is 6.76. The van der Waals surface area contributed by atoms with Crippen LogP contribution in [-0.2, 0) is 17.9 Å². The van der Waals surface area contributed by atoms with E-state index in [-0.39, 0.29) is 5.69 Å². The molecule has 1 aliphatic heterocycles. The number of rotatable bonds is 2. The summed E-state index contributed by atoms with van der Waals surface area (Å²) in [6, 6.07) is -1.89. The highest BCUT2D eigenvalue weighted by Gasteiger charge is 2.38. The van der Waals surface area contributed by atoms with E-state index in [9.17, 15) is 31.1 Å². The summed E-state index contributed by atoms with van der Waals surface area (Å²) in [7, 11) is 0. The van der Waals surface area contributed by atoms with E-state index >= 15 is 0 Å². The Labute approximate surface area is 137 Å². The van der Waals surface area contributed by atoms with Crippen molar-refractivity contribution in [1.29, 1.82) is 0 Å². The molecule has 0 aliphatic carbocycles. The number of amides is 1. The number of halogens is 6. The zero-order valence-corrected chi connectivity index (χ0v) is 12.7. The van der Waals surface area contributed by atoms with Crippen molar-refractivity contribution in [2.75, 3.05) is 6.54 Å². The maximum atomic E-state index is 12.3. The quantitative estimate of drug-likeness (QED) is 0.677. The SMILES string of the molecule is C[C@@H](NC(=O)c1ncn2c1CNCC2)C(F)(F)F.O=C(O)C(F)(F)F. The Morgan fingerprint density at radius 3 is 2.36 bits per heavy atom. The minimum absolute atomic E-state index is 0.0540. The second-order valence-electron chi connectivity index (χ2n) is 4.95. The third-order valence-corrected chi connectivity index (χ3v) is 3.06. The van der Waals surface area contributed by atoms with Gasteiger partial charge in [0.05, 0.1) is 12.0 Å². The molecule has 1 aromatic heterocycles. The number of carboxylic acids is 1. The molecule has 2 rings (SSSR count). The Bertz CT molecular complexity index is 625. The van der Waals surface area contributed by atoms with E-state index in [0.29, 0.717) is 18.8 Å². The van der Waals surface area contributed by atoms with Crippen LogP contribution in [0.2, 0.25) is 0 Å². The fourth-order valence-corrected chi connectivity index (χ4v) is 1.73. The lowest BCUT2D eigenvalue weighted by molar-refractivity contribution is -0.192. The molecule has 0 spiro atoms. The minimum atomic E-state index is -5.08. The van der Waals surface area contributed by atoms with E-state index in [1.165, 1.54) is 6.33 Å². The second-order valence-corrected chi connectivity index (χ2v) is 4.95.